The second kappa shape index (κ2) is 5.98. The van der Waals surface area contributed by atoms with Crippen LogP contribution in [0.15, 0.2) is 30.5 Å². The number of morpholine rings is 1. The molecule has 1 aromatic carbocycles. The molecule has 1 saturated heterocycles. The van der Waals surface area contributed by atoms with Gasteiger partial charge in [-0.3, -0.25) is 9.69 Å². The maximum atomic E-state index is 12.7. The zero-order valence-electron chi connectivity index (χ0n) is 13.3. The fourth-order valence-corrected chi connectivity index (χ4v) is 3.53. The van der Waals surface area contributed by atoms with Crippen LogP contribution in [0.25, 0.3) is 10.9 Å². The number of hydrogen-bond acceptors (Lipinski definition) is 3. The van der Waals surface area contributed by atoms with E-state index in [9.17, 15) is 4.79 Å². The smallest absolute Gasteiger partial charge is 0.230 e. The van der Waals surface area contributed by atoms with E-state index in [0.29, 0.717) is 6.54 Å². The highest BCUT2D eigenvalue weighted by molar-refractivity contribution is 5.97. The van der Waals surface area contributed by atoms with E-state index in [4.69, 9.17) is 4.74 Å². The SMILES string of the molecule is O=C(NCCN1CCOCC1)C1(c2c[nH]c3ccccc23)CC1. The Balaban J connectivity index is 1.41. The number of nitrogens with zero attached hydrogens (tertiary/aromatic N) is 1. The quantitative estimate of drug-likeness (QED) is 0.882. The Morgan fingerprint density at radius 3 is 2.83 bits per heavy atom. The van der Waals surface area contributed by atoms with E-state index in [0.717, 1.165) is 56.8 Å². The standard InChI is InChI=1S/C18H23N3O2/c22-17(19-7-8-21-9-11-23-12-10-21)18(5-6-18)15-13-20-16-4-2-1-3-14(15)16/h1-4,13,20H,5-12H2,(H,19,22). The monoisotopic (exact) mass is 313 g/mol. The van der Waals surface area contributed by atoms with E-state index < -0.39 is 0 Å². The molecule has 2 aliphatic rings. The number of carbonyl (C=O) groups excluding carboxylic acids is 1. The topological polar surface area (TPSA) is 57.4 Å². The summed E-state index contributed by atoms with van der Waals surface area (Å²) in [7, 11) is 0. The van der Waals surface area contributed by atoms with E-state index in [1.807, 2.05) is 18.3 Å². The molecule has 1 saturated carbocycles. The Morgan fingerprint density at radius 2 is 2.04 bits per heavy atom. The van der Waals surface area contributed by atoms with E-state index in [2.05, 4.69) is 27.3 Å². The van der Waals surface area contributed by atoms with Crippen LogP contribution in [0.5, 0.6) is 0 Å². The first kappa shape index (κ1) is 14.7. The van der Waals surface area contributed by atoms with Crippen LogP contribution in [0.1, 0.15) is 18.4 Å². The van der Waals surface area contributed by atoms with Crippen molar-refractivity contribution in [2.24, 2.45) is 0 Å². The molecule has 4 rings (SSSR count). The van der Waals surface area contributed by atoms with Crippen LogP contribution in [-0.4, -0.2) is 55.2 Å². The number of amides is 1. The van der Waals surface area contributed by atoms with Gasteiger partial charge in [-0.1, -0.05) is 18.2 Å². The molecule has 1 aromatic heterocycles. The van der Waals surface area contributed by atoms with Crippen molar-refractivity contribution in [3.05, 3.63) is 36.0 Å². The highest BCUT2D eigenvalue weighted by atomic mass is 16.5. The maximum absolute atomic E-state index is 12.7. The third-order valence-corrected chi connectivity index (χ3v) is 5.11. The van der Waals surface area contributed by atoms with Gasteiger partial charge in [-0.25, -0.2) is 0 Å². The number of aromatic amines is 1. The molecule has 23 heavy (non-hydrogen) atoms. The molecule has 1 aliphatic heterocycles. The van der Waals surface area contributed by atoms with E-state index >= 15 is 0 Å². The summed E-state index contributed by atoms with van der Waals surface area (Å²) < 4.78 is 5.35. The largest absolute Gasteiger partial charge is 0.379 e. The van der Waals surface area contributed by atoms with Crippen LogP contribution in [0.2, 0.25) is 0 Å². The number of fused-ring (bicyclic) bond motifs is 1. The third-order valence-electron chi connectivity index (χ3n) is 5.11. The molecule has 2 aromatic rings. The Labute approximate surface area is 136 Å². The van der Waals surface area contributed by atoms with Gasteiger partial charge in [0.15, 0.2) is 0 Å². The normalized spacial score (nSPS) is 20.5. The number of rotatable bonds is 5. The van der Waals surface area contributed by atoms with Crippen LogP contribution in [0, 0.1) is 0 Å². The molecule has 0 atom stereocenters. The molecular weight excluding hydrogens is 290 g/mol. The summed E-state index contributed by atoms with van der Waals surface area (Å²) in [5.41, 5.74) is 1.94. The van der Waals surface area contributed by atoms with Crippen molar-refractivity contribution in [2.45, 2.75) is 18.3 Å². The van der Waals surface area contributed by atoms with Crippen LogP contribution >= 0.6 is 0 Å². The first-order valence-corrected chi connectivity index (χ1v) is 8.45. The number of carbonyl (C=O) groups is 1. The first-order chi connectivity index (χ1) is 11.3. The van der Waals surface area contributed by atoms with Crippen molar-refractivity contribution in [3.8, 4) is 0 Å². The van der Waals surface area contributed by atoms with Gasteiger partial charge in [-0.2, -0.15) is 0 Å². The lowest BCUT2D eigenvalue weighted by Gasteiger charge is -2.26. The third kappa shape index (κ3) is 2.75. The maximum Gasteiger partial charge on any atom is 0.230 e. The molecule has 122 valence electrons. The van der Waals surface area contributed by atoms with Crippen molar-refractivity contribution < 1.29 is 9.53 Å². The number of aromatic nitrogens is 1. The van der Waals surface area contributed by atoms with Gasteiger partial charge >= 0.3 is 0 Å². The molecule has 2 fully saturated rings. The Hall–Kier alpha value is -1.85. The van der Waals surface area contributed by atoms with Gasteiger partial charge in [-0.05, 0) is 24.5 Å². The molecule has 0 unspecified atom stereocenters. The van der Waals surface area contributed by atoms with Crippen LogP contribution in [-0.2, 0) is 14.9 Å². The Kier molecular flexibility index (Phi) is 3.83. The summed E-state index contributed by atoms with van der Waals surface area (Å²) in [6.45, 7) is 5.13. The molecule has 0 bridgehead atoms. The second-order valence-corrected chi connectivity index (χ2v) is 6.54. The minimum absolute atomic E-state index is 0.176. The summed E-state index contributed by atoms with van der Waals surface area (Å²) in [6.07, 6.45) is 3.90. The van der Waals surface area contributed by atoms with Crippen molar-refractivity contribution in [1.82, 2.24) is 15.2 Å². The minimum atomic E-state index is -0.315. The highest BCUT2D eigenvalue weighted by Gasteiger charge is 2.52. The average Bonchev–Trinajstić information content (AvgIpc) is 3.29. The van der Waals surface area contributed by atoms with Gasteiger partial charge in [0.25, 0.3) is 0 Å². The molecule has 5 heteroatoms. The lowest BCUT2D eigenvalue weighted by molar-refractivity contribution is -0.123. The molecule has 0 spiro atoms. The lowest BCUT2D eigenvalue weighted by Crippen LogP contribution is -2.43. The Morgan fingerprint density at radius 1 is 1.26 bits per heavy atom. The number of H-pyrrole nitrogens is 1. The lowest BCUT2D eigenvalue weighted by atomic mass is 9.94. The fourth-order valence-electron chi connectivity index (χ4n) is 3.53. The summed E-state index contributed by atoms with van der Waals surface area (Å²) in [5.74, 6) is 0.176. The van der Waals surface area contributed by atoms with E-state index in [1.54, 1.807) is 0 Å². The summed E-state index contributed by atoms with van der Waals surface area (Å²) in [5, 5.41) is 4.32. The number of nitrogens with one attached hydrogen (secondary N) is 2. The molecular formula is C18H23N3O2. The van der Waals surface area contributed by atoms with E-state index in [1.165, 1.54) is 5.39 Å². The van der Waals surface area contributed by atoms with E-state index in [-0.39, 0.29) is 11.3 Å². The van der Waals surface area contributed by atoms with Crippen LogP contribution in [0.3, 0.4) is 0 Å². The Bertz CT molecular complexity index is 699. The van der Waals surface area contributed by atoms with Crippen LogP contribution < -0.4 is 5.32 Å². The molecule has 5 nitrogen and oxygen atoms in total. The van der Waals surface area contributed by atoms with Crippen molar-refractivity contribution >= 4 is 16.8 Å². The zero-order chi connectivity index (χ0) is 15.7. The van der Waals surface area contributed by atoms with Crippen molar-refractivity contribution in [2.75, 3.05) is 39.4 Å². The first-order valence-electron chi connectivity index (χ1n) is 8.45. The molecule has 1 aliphatic carbocycles. The van der Waals surface area contributed by atoms with Gasteiger partial charge < -0.3 is 15.0 Å². The van der Waals surface area contributed by atoms with Gasteiger partial charge in [0.2, 0.25) is 5.91 Å². The second-order valence-electron chi connectivity index (χ2n) is 6.54. The zero-order valence-corrected chi connectivity index (χ0v) is 13.3. The number of para-hydroxylation sites is 1. The number of ether oxygens (including phenoxy) is 1. The average molecular weight is 313 g/mol. The molecule has 2 N–H and O–H groups in total. The number of benzene rings is 1. The van der Waals surface area contributed by atoms with Crippen LogP contribution in [0.4, 0.5) is 0 Å². The fraction of sp³-hybridized carbons (Fsp3) is 0.500. The number of hydrogen-bond donors (Lipinski definition) is 2. The predicted octanol–water partition coefficient (Wildman–Crippen LogP) is 1.65. The summed E-state index contributed by atoms with van der Waals surface area (Å²) >= 11 is 0. The van der Waals surface area contributed by atoms with Gasteiger partial charge in [0, 0.05) is 43.3 Å². The molecule has 0 radical (unpaired) electrons. The predicted molar refractivity (Wildman–Crippen MR) is 89.5 cm³/mol. The highest BCUT2D eigenvalue weighted by Crippen LogP contribution is 2.50. The molecule has 1 amide bonds. The van der Waals surface area contributed by atoms with Crippen molar-refractivity contribution in [1.29, 1.82) is 0 Å². The molecule has 2 heterocycles. The van der Waals surface area contributed by atoms with Gasteiger partial charge in [0.05, 0.1) is 18.6 Å². The van der Waals surface area contributed by atoms with Gasteiger partial charge in [-0.15, -0.1) is 0 Å². The minimum Gasteiger partial charge on any atom is -0.379 e. The summed E-state index contributed by atoms with van der Waals surface area (Å²) in [4.78, 5) is 18.4. The van der Waals surface area contributed by atoms with Crippen molar-refractivity contribution in [3.63, 3.8) is 0 Å². The van der Waals surface area contributed by atoms with Gasteiger partial charge in [0.1, 0.15) is 0 Å². The summed E-state index contributed by atoms with van der Waals surface area (Å²) in [6, 6.07) is 8.21.